The molecular weight excluding hydrogens is 178 g/mol. The van der Waals surface area contributed by atoms with Gasteiger partial charge in [0.25, 0.3) is 11.8 Å². The third kappa shape index (κ3) is 1.31. The average molecular weight is 189 g/mol. The van der Waals surface area contributed by atoms with Gasteiger partial charge in [-0.2, -0.15) is 0 Å². The van der Waals surface area contributed by atoms with Gasteiger partial charge < -0.3 is 0 Å². The van der Waals surface area contributed by atoms with Crippen LogP contribution in [0.5, 0.6) is 0 Å². The molecule has 2 atom stereocenters. The van der Waals surface area contributed by atoms with E-state index < -0.39 is 0 Å². The lowest BCUT2D eigenvalue weighted by Gasteiger charge is -2.28. The molecule has 14 heavy (non-hydrogen) atoms. The van der Waals surface area contributed by atoms with Gasteiger partial charge in [0.2, 0.25) is 0 Å². The van der Waals surface area contributed by atoms with E-state index in [1.165, 1.54) is 17.1 Å². The van der Waals surface area contributed by atoms with Crippen molar-refractivity contribution in [3.63, 3.8) is 0 Å². The summed E-state index contributed by atoms with van der Waals surface area (Å²) in [5.74, 6) is -0.244. The predicted octanol–water partition coefficient (Wildman–Crippen LogP) is 1.04. The number of imide groups is 1. The highest BCUT2D eigenvalue weighted by Gasteiger charge is 2.32. The van der Waals surface area contributed by atoms with Crippen LogP contribution in [0.1, 0.15) is 6.92 Å². The maximum atomic E-state index is 11.4. The summed E-state index contributed by atoms with van der Waals surface area (Å²) in [4.78, 5) is 24.1. The van der Waals surface area contributed by atoms with E-state index in [-0.39, 0.29) is 23.8 Å². The minimum Gasteiger partial charge on any atom is -0.269 e. The van der Waals surface area contributed by atoms with Crippen molar-refractivity contribution in [1.82, 2.24) is 4.90 Å². The van der Waals surface area contributed by atoms with E-state index in [2.05, 4.69) is 0 Å². The van der Waals surface area contributed by atoms with E-state index in [1.54, 1.807) is 0 Å². The summed E-state index contributed by atoms with van der Waals surface area (Å²) in [6, 6.07) is -0.130. The Kier molecular flexibility index (Phi) is 2.08. The molecule has 0 fully saturated rings. The zero-order valence-electron chi connectivity index (χ0n) is 7.88. The van der Waals surface area contributed by atoms with Gasteiger partial charge in [-0.15, -0.1) is 0 Å². The highest BCUT2D eigenvalue weighted by Crippen LogP contribution is 2.21. The molecule has 0 N–H and O–H groups in total. The Morgan fingerprint density at radius 3 is 2.21 bits per heavy atom. The number of hydrogen-bond acceptors (Lipinski definition) is 2. The first kappa shape index (κ1) is 8.94. The summed E-state index contributed by atoms with van der Waals surface area (Å²) in [6.45, 7) is 1.99. The van der Waals surface area contributed by atoms with Crippen molar-refractivity contribution in [2.75, 3.05) is 0 Å². The molecule has 0 saturated carbocycles. The minimum absolute atomic E-state index is 0.130. The Bertz CT molecular complexity index is 347. The van der Waals surface area contributed by atoms with Crippen LogP contribution < -0.4 is 0 Å². The largest absolute Gasteiger partial charge is 0.269 e. The number of rotatable bonds is 1. The molecule has 3 nitrogen and oxygen atoms in total. The van der Waals surface area contributed by atoms with E-state index in [1.807, 2.05) is 31.2 Å². The van der Waals surface area contributed by atoms with Gasteiger partial charge in [-0.3, -0.25) is 14.5 Å². The monoisotopic (exact) mass is 189 g/mol. The lowest BCUT2D eigenvalue weighted by Crippen LogP contribution is -2.42. The average Bonchev–Trinajstić information content (AvgIpc) is 2.48. The molecule has 0 saturated heterocycles. The Morgan fingerprint density at radius 2 is 1.64 bits per heavy atom. The van der Waals surface area contributed by atoms with E-state index in [0.717, 1.165) is 0 Å². The number of hydrogen-bond donors (Lipinski definition) is 0. The van der Waals surface area contributed by atoms with Crippen LogP contribution in [0.2, 0.25) is 0 Å². The standard InChI is InChI=1S/C11H11NO2/c1-8-4-2-3-5-9(8)12-10(13)6-7-11(12)14/h2-9H,1H3. The van der Waals surface area contributed by atoms with Crippen LogP contribution in [-0.4, -0.2) is 22.8 Å². The molecule has 0 aromatic rings. The van der Waals surface area contributed by atoms with Crippen molar-refractivity contribution in [2.24, 2.45) is 5.92 Å². The van der Waals surface area contributed by atoms with Crippen molar-refractivity contribution in [2.45, 2.75) is 13.0 Å². The second-order valence-electron chi connectivity index (χ2n) is 3.50. The molecule has 0 radical (unpaired) electrons. The summed E-state index contributed by atoms with van der Waals surface area (Å²) >= 11 is 0. The lowest BCUT2D eigenvalue weighted by molar-refractivity contribution is -0.139. The van der Waals surface area contributed by atoms with Gasteiger partial charge >= 0.3 is 0 Å². The molecule has 0 bridgehead atoms. The maximum Gasteiger partial charge on any atom is 0.254 e. The first-order chi connectivity index (χ1) is 6.70. The number of carbonyl (C=O) groups excluding carboxylic acids is 2. The summed E-state index contributed by atoms with van der Waals surface area (Å²) < 4.78 is 0. The fourth-order valence-corrected chi connectivity index (χ4v) is 1.73. The summed E-state index contributed by atoms with van der Waals surface area (Å²) in [6.07, 6.45) is 10.3. The number of amides is 2. The Hall–Kier alpha value is -1.64. The highest BCUT2D eigenvalue weighted by molar-refractivity contribution is 6.13. The maximum absolute atomic E-state index is 11.4. The van der Waals surface area contributed by atoms with Crippen LogP contribution >= 0.6 is 0 Å². The first-order valence-electron chi connectivity index (χ1n) is 4.60. The quantitative estimate of drug-likeness (QED) is 0.578. The third-order valence-electron chi connectivity index (χ3n) is 2.51. The zero-order valence-corrected chi connectivity index (χ0v) is 7.88. The normalized spacial score (nSPS) is 30.5. The molecule has 0 aromatic carbocycles. The van der Waals surface area contributed by atoms with Crippen molar-refractivity contribution in [3.8, 4) is 0 Å². The number of nitrogens with zero attached hydrogens (tertiary/aromatic N) is 1. The molecule has 1 heterocycles. The summed E-state index contributed by atoms with van der Waals surface area (Å²) in [7, 11) is 0. The molecule has 72 valence electrons. The minimum atomic E-state index is -0.216. The fourth-order valence-electron chi connectivity index (χ4n) is 1.73. The van der Waals surface area contributed by atoms with Gasteiger partial charge in [0.15, 0.2) is 0 Å². The van der Waals surface area contributed by atoms with Gasteiger partial charge in [0.1, 0.15) is 0 Å². The fraction of sp³-hybridized carbons (Fsp3) is 0.273. The molecule has 2 aliphatic rings. The van der Waals surface area contributed by atoms with E-state index in [0.29, 0.717) is 0 Å². The molecule has 2 rings (SSSR count). The smallest absolute Gasteiger partial charge is 0.254 e. The Morgan fingerprint density at radius 1 is 1.07 bits per heavy atom. The predicted molar refractivity (Wildman–Crippen MR) is 52.2 cm³/mol. The number of carbonyl (C=O) groups is 2. The van der Waals surface area contributed by atoms with Crippen LogP contribution in [-0.2, 0) is 9.59 Å². The van der Waals surface area contributed by atoms with Crippen LogP contribution in [0, 0.1) is 5.92 Å². The van der Waals surface area contributed by atoms with Crippen LogP contribution in [0.4, 0.5) is 0 Å². The van der Waals surface area contributed by atoms with Crippen LogP contribution in [0.3, 0.4) is 0 Å². The van der Waals surface area contributed by atoms with Crippen molar-refractivity contribution in [3.05, 3.63) is 36.5 Å². The topological polar surface area (TPSA) is 37.4 Å². The first-order valence-corrected chi connectivity index (χ1v) is 4.60. The molecule has 0 spiro atoms. The molecule has 2 unspecified atom stereocenters. The van der Waals surface area contributed by atoms with Gasteiger partial charge in [-0.05, 0) is 5.92 Å². The van der Waals surface area contributed by atoms with Crippen LogP contribution in [0.25, 0.3) is 0 Å². The molecule has 1 aliphatic heterocycles. The molecule has 3 heteroatoms. The van der Waals surface area contributed by atoms with Gasteiger partial charge in [-0.1, -0.05) is 31.2 Å². The Labute approximate surface area is 82.4 Å². The molecule has 2 amide bonds. The van der Waals surface area contributed by atoms with E-state index in [9.17, 15) is 9.59 Å². The highest BCUT2D eigenvalue weighted by atomic mass is 16.2. The third-order valence-corrected chi connectivity index (χ3v) is 2.51. The van der Waals surface area contributed by atoms with E-state index in [4.69, 9.17) is 0 Å². The zero-order chi connectivity index (χ0) is 10.1. The van der Waals surface area contributed by atoms with Gasteiger partial charge in [0, 0.05) is 12.2 Å². The lowest BCUT2D eigenvalue weighted by atomic mass is 9.96. The second kappa shape index (κ2) is 3.25. The van der Waals surface area contributed by atoms with Gasteiger partial charge in [-0.25, -0.2) is 0 Å². The second-order valence-corrected chi connectivity index (χ2v) is 3.50. The summed E-state index contributed by atoms with van der Waals surface area (Å²) in [5, 5.41) is 0. The Balaban J connectivity index is 2.23. The van der Waals surface area contributed by atoms with Crippen molar-refractivity contribution < 1.29 is 9.59 Å². The summed E-state index contributed by atoms with van der Waals surface area (Å²) in [5.41, 5.74) is 0. The van der Waals surface area contributed by atoms with Crippen molar-refractivity contribution >= 4 is 11.8 Å². The molecular formula is C11H11NO2. The number of allylic oxidation sites excluding steroid dienone is 2. The van der Waals surface area contributed by atoms with Gasteiger partial charge in [0.05, 0.1) is 6.04 Å². The van der Waals surface area contributed by atoms with Crippen molar-refractivity contribution in [1.29, 1.82) is 0 Å². The SMILES string of the molecule is CC1C=CC=CC1N1C(=O)C=CC1=O. The van der Waals surface area contributed by atoms with E-state index >= 15 is 0 Å². The molecule has 1 aliphatic carbocycles. The van der Waals surface area contributed by atoms with Crippen LogP contribution in [0.15, 0.2) is 36.5 Å². The molecule has 0 aromatic heterocycles.